The molecule has 1 aliphatic carbocycles. The monoisotopic (exact) mass is 542 g/mol. The number of carbonyl (C=O) groups is 3. The van der Waals surface area contributed by atoms with E-state index < -0.39 is 29.5 Å². The Labute approximate surface area is 226 Å². The molecule has 1 unspecified atom stereocenters. The molecule has 1 fully saturated rings. The van der Waals surface area contributed by atoms with Crippen LogP contribution in [0.1, 0.15) is 61.9 Å². The van der Waals surface area contributed by atoms with E-state index in [2.05, 4.69) is 12.2 Å². The lowest BCUT2D eigenvalue weighted by atomic mass is 9.78. The number of halogens is 1. The number of aliphatic carboxylic acids is 1. The number of nitrogens with one attached hydrogen (secondary N) is 1. The number of nitrogens with zero attached hydrogens (tertiary/aromatic N) is 1. The second kappa shape index (κ2) is 12.4. The van der Waals surface area contributed by atoms with Gasteiger partial charge in [0.25, 0.3) is 5.91 Å². The summed E-state index contributed by atoms with van der Waals surface area (Å²) in [7, 11) is 0. The summed E-state index contributed by atoms with van der Waals surface area (Å²) in [5.41, 5.74) is 0.603. The first-order valence-corrected chi connectivity index (χ1v) is 13.3. The molecular weight excluding hydrogens is 507 g/mol. The highest BCUT2D eigenvalue weighted by Crippen LogP contribution is 2.37. The van der Waals surface area contributed by atoms with Gasteiger partial charge >= 0.3 is 5.97 Å². The molecule has 2 aliphatic rings. The van der Waals surface area contributed by atoms with E-state index in [9.17, 15) is 29.0 Å². The van der Waals surface area contributed by atoms with Crippen molar-refractivity contribution >= 4 is 17.8 Å². The lowest BCUT2D eigenvalue weighted by Gasteiger charge is -2.35. The van der Waals surface area contributed by atoms with Crippen molar-refractivity contribution in [2.75, 3.05) is 13.2 Å². The van der Waals surface area contributed by atoms with Crippen LogP contribution in [-0.2, 0) is 16.1 Å². The fourth-order valence-electron chi connectivity index (χ4n) is 5.53. The largest absolute Gasteiger partial charge is 0.505 e. The number of aromatic hydroxyl groups is 1. The summed E-state index contributed by atoms with van der Waals surface area (Å²) in [6, 6.07) is 8.78. The fraction of sp³-hybridized carbons (Fsp3) is 0.483. The highest BCUT2D eigenvalue weighted by atomic mass is 19.1. The number of amides is 2. The van der Waals surface area contributed by atoms with Crippen molar-refractivity contribution in [1.82, 2.24) is 10.2 Å². The van der Waals surface area contributed by atoms with E-state index >= 15 is 0 Å². The van der Waals surface area contributed by atoms with E-state index in [-0.39, 0.29) is 24.2 Å². The van der Waals surface area contributed by atoms with E-state index in [0.717, 1.165) is 32.1 Å². The number of fused-ring (bicyclic) bond motifs is 1. The van der Waals surface area contributed by atoms with Crippen molar-refractivity contribution in [3.8, 4) is 17.2 Å². The summed E-state index contributed by atoms with van der Waals surface area (Å²) in [6.45, 7) is 4.04. The molecule has 1 heterocycles. The summed E-state index contributed by atoms with van der Waals surface area (Å²) in [6.07, 6.45) is 4.55. The van der Waals surface area contributed by atoms with Crippen molar-refractivity contribution in [2.45, 2.75) is 64.6 Å². The maximum atomic E-state index is 14.3. The van der Waals surface area contributed by atoms with Gasteiger partial charge in [0.1, 0.15) is 24.2 Å². The van der Waals surface area contributed by atoms with E-state index in [1.807, 2.05) is 6.07 Å². The highest BCUT2D eigenvalue weighted by molar-refractivity contribution is 5.99. The van der Waals surface area contributed by atoms with E-state index in [4.69, 9.17) is 9.47 Å². The number of carboxylic acid groups (broad SMARTS) is 1. The quantitative estimate of drug-likeness (QED) is 0.390. The molecule has 9 nitrogen and oxygen atoms in total. The van der Waals surface area contributed by atoms with Crippen molar-refractivity contribution in [1.29, 1.82) is 0 Å². The van der Waals surface area contributed by atoms with Crippen molar-refractivity contribution in [2.24, 2.45) is 11.8 Å². The average molecular weight is 543 g/mol. The summed E-state index contributed by atoms with van der Waals surface area (Å²) in [5, 5.41) is 21.2. The van der Waals surface area contributed by atoms with Gasteiger partial charge in [-0.3, -0.25) is 9.59 Å². The average Bonchev–Trinajstić information content (AvgIpc) is 3.23. The van der Waals surface area contributed by atoms with Gasteiger partial charge in [0.15, 0.2) is 17.6 Å². The van der Waals surface area contributed by atoms with Gasteiger partial charge in [-0.1, -0.05) is 19.1 Å². The Morgan fingerprint density at radius 1 is 1.15 bits per heavy atom. The molecule has 2 aromatic carbocycles. The molecule has 0 bridgehead atoms. The van der Waals surface area contributed by atoms with Crippen LogP contribution >= 0.6 is 0 Å². The molecule has 0 spiro atoms. The second-order valence-electron chi connectivity index (χ2n) is 10.3. The Bertz CT molecular complexity index is 1210. The molecule has 39 heavy (non-hydrogen) atoms. The zero-order valence-corrected chi connectivity index (χ0v) is 22.2. The van der Waals surface area contributed by atoms with Crippen LogP contribution in [0.25, 0.3) is 0 Å². The minimum atomic E-state index is -1.18. The van der Waals surface area contributed by atoms with E-state index in [1.165, 1.54) is 13.0 Å². The van der Waals surface area contributed by atoms with Crippen LogP contribution in [0.5, 0.6) is 17.2 Å². The number of carbonyl (C=O) groups excluding carboxylic acids is 2. The first-order chi connectivity index (χ1) is 18.7. The Morgan fingerprint density at radius 2 is 1.87 bits per heavy atom. The standard InChI is InChI=1S/C29H35FN2O7/c1-3-25(39-22-6-4-5-21(13-22)38-16-23(29(36)37)31-17(2)33)19-9-7-18(8-10-19)14-32-15-20-11-12-24(34)27(30)26(20)28(32)35/h4-6,11-13,18-19,23,25,34H,3,7-10,14-16H2,1-2H3,(H,31,33)(H,36,37)/t18?,19?,23-,25?/m0/s1. The highest BCUT2D eigenvalue weighted by Gasteiger charge is 2.35. The van der Waals surface area contributed by atoms with Crippen LogP contribution in [0.2, 0.25) is 0 Å². The minimum Gasteiger partial charge on any atom is -0.505 e. The van der Waals surface area contributed by atoms with Gasteiger partial charge < -0.3 is 29.9 Å². The minimum absolute atomic E-state index is 0.0112. The third-order valence-electron chi connectivity index (χ3n) is 7.55. The van der Waals surface area contributed by atoms with Crippen LogP contribution in [0.3, 0.4) is 0 Å². The maximum Gasteiger partial charge on any atom is 0.329 e. The molecule has 2 atom stereocenters. The zero-order chi connectivity index (χ0) is 28.1. The summed E-state index contributed by atoms with van der Waals surface area (Å²) in [4.78, 5) is 37.0. The number of benzene rings is 2. The Kier molecular flexibility index (Phi) is 8.93. The smallest absolute Gasteiger partial charge is 0.329 e. The number of phenolic OH excluding ortho intramolecular Hbond substituents is 1. The molecule has 3 N–H and O–H groups in total. The molecule has 2 aromatic rings. The number of carboxylic acids is 1. The fourth-order valence-corrected chi connectivity index (χ4v) is 5.53. The van der Waals surface area contributed by atoms with Gasteiger partial charge in [-0.2, -0.15) is 0 Å². The molecule has 2 amide bonds. The SMILES string of the molecule is CCC(Oc1cccc(OC[C@H](NC(C)=O)C(=O)O)c1)C1CCC(CN2Cc3ccc(O)c(F)c3C2=O)CC1. The molecular formula is C29H35FN2O7. The second-order valence-corrected chi connectivity index (χ2v) is 10.3. The molecule has 210 valence electrons. The molecule has 1 saturated carbocycles. The van der Waals surface area contributed by atoms with Crippen molar-refractivity contribution < 1.29 is 38.5 Å². The van der Waals surface area contributed by atoms with Crippen LogP contribution in [0, 0.1) is 17.7 Å². The molecule has 0 aromatic heterocycles. The third kappa shape index (κ3) is 6.79. The van der Waals surface area contributed by atoms with Crippen LogP contribution < -0.4 is 14.8 Å². The number of hydrogen-bond acceptors (Lipinski definition) is 6. The lowest BCUT2D eigenvalue weighted by molar-refractivity contribution is -0.142. The zero-order valence-electron chi connectivity index (χ0n) is 22.2. The maximum absolute atomic E-state index is 14.3. The topological polar surface area (TPSA) is 125 Å². The normalized spacial score (nSPS) is 20.2. The Balaban J connectivity index is 1.28. The molecule has 1 aliphatic heterocycles. The van der Waals surface area contributed by atoms with Crippen LogP contribution in [-0.4, -0.2) is 58.2 Å². The number of hydrogen-bond donors (Lipinski definition) is 3. The first kappa shape index (κ1) is 28.2. The number of ether oxygens (including phenoxy) is 2. The summed E-state index contributed by atoms with van der Waals surface area (Å²) >= 11 is 0. The molecule has 0 saturated heterocycles. The molecule has 4 rings (SSSR count). The predicted octanol–water partition coefficient (Wildman–Crippen LogP) is 4.12. The van der Waals surface area contributed by atoms with Gasteiger partial charge in [0.05, 0.1) is 5.56 Å². The molecule has 0 radical (unpaired) electrons. The third-order valence-corrected chi connectivity index (χ3v) is 7.55. The molecule has 10 heteroatoms. The summed E-state index contributed by atoms with van der Waals surface area (Å²) in [5.74, 6) is -1.59. The Morgan fingerprint density at radius 3 is 2.54 bits per heavy atom. The van der Waals surface area contributed by atoms with Crippen LogP contribution in [0.4, 0.5) is 4.39 Å². The number of rotatable bonds is 11. The van der Waals surface area contributed by atoms with E-state index in [0.29, 0.717) is 42.0 Å². The Hall–Kier alpha value is -3.82. The van der Waals surface area contributed by atoms with Gasteiger partial charge in [0, 0.05) is 26.1 Å². The lowest BCUT2D eigenvalue weighted by Crippen LogP contribution is -2.43. The van der Waals surface area contributed by atoms with Gasteiger partial charge in [-0.05, 0) is 67.7 Å². The van der Waals surface area contributed by atoms with Gasteiger partial charge in [0.2, 0.25) is 5.91 Å². The number of phenols is 1. The van der Waals surface area contributed by atoms with Crippen molar-refractivity contribution in [3.05, 3.63) is 53.3 Å². The van der Waals surface area contributed by atoms with E-state index in [1.54, 1.807) is 29.2 Å². The van der Waals surface area contributed by atoms with Gasteiger partial charge in [-0.15, -0.1) is 0 Å². The van der Waals surface area contributed by atoms with Crippen molar-refractivity contribution in [3.63, 3.8) is 0 Å². The first-order valence-electron chi connectivity index (χ1n) is 13.3. The van der Waals surface area contributed by atoms with Gasteiger partial charge in [-0.25, -0.2) is 9.18 Å². The van der Waals surface area contributed by atoms with Crippen LogP contribution in [0.15, 0.2) is 36.4 Å². The summed E-state index contributed by atoms with van der Waals surface area (Å²) < 4.78 is 26.2. The predicted molar refractivity (Wildman–Crippen MR) is 140 cm³/mol.